The van der Waals surface area contributed by atoms with Gasteiger partial charge in [0.25, 0.3) is 0 Å². The van der Waals surface area contributed by atoms with E-state index in [9.17, 15) is 4.39 Å². The minimum absolute atomic E-state index is 0.210. The fraction of sp³-hybridized carbons (Fsp3) is 0.211. The van der Waals surface area contributed by atoms with E-state index in [-0.39, 0.29) is 11.8 Å². The molecule has 2 N–H and O–H groups in total. The molecule has 0 fully saturated rings. The van der Waals surface area contributed by atoms with Gasteiger partial charge in [-0.1, -0.05) is 13.3 Å². The maximum absolute atomic E-state index is 13.3. The van der Waals surface area contributed by atoms with E-state index < -0.39 is 0 Å². The zero-order chi connectivity index (χ0) is 16.9. The first-order valence-electron chi connectivity index (χ1n) is 8.01. The third kappa shape index (κ3) is 3.40. The first-order chi connectivity index (χ1) is 11.7. The molecule has 0 aliphatic carbocycles. The molecule has 4 nitrogen and oxygen atoms in total. The summed E-state index contributed by atoms with van der Waals surface area (Å²) in [6.45, 7) is 2.14. The van der Waals surface area contributed by atoms with Gasteiger partial charge in [-0.3, -0.25) is 4.98 Å². The number of anilines is 1. The third-order valence-corrected chi connectivity index (χ3v) is 3.88. The van der Waals surface area contributed by atoms with Crippen LogP contribution in [0.15, 0.2) is 48.8 Å². The summed E-state index contributed by atoms with van der Waals surface area (Å²) in [5.41, 5.74) is 10.4. The molecular weight excluding hydrogens is 303 g/mol. The summed E-state index contributed by atoms with van der Waals surface area (Å²) in [6, 6.07) is 10.1. The quantitative estimate of drug-likeness (QED) is 0.762. The minimum Gasteiger partial charge on any atom is -0.368 e. The maximum Gasteiger partial charge on any atom is 0.221 e. The molecule has 0 unspecified atom stereocenters. The lowest BCUT2D eigenvalue weighted by molar-refractivity contribution is 0.628. The molecule has 0 bridgehead atoms. The number of benzene rings is 1. The molecule has 5 heteroatoms. The molecule has 0 radical (unpaired) electrons. The van der Waals surface area contributed by atoms with E-state index in [0.29, 0.717) is 0 Å². The summed E-state index contributed by atoms with van der Waals surface area (Å²) in [7, 11) is 0. The molecular formula is C19H19FN4. The predicted octanol–water partition coefficient (Wildman–Crippen LogP) is 4.27. The Morgan fingerprint density at radius 1 is 0.917 bits per heavy atom. The van der Waals surface area contributed by atoms with Crippen molar-refractivity contribution in [3.63, 3.8) is 0 Å². The summed E-state index contributed by atoms with van der Waals surface area (Å²) in [4.78, 5) is 13.0. The molecule has 3 rings (SSSR count). The van der Waals surface area contributed by atoms with Gasteiger partial charge in [0.05, 0.1) is 11.4 Å². The normalized spacial score (nSPS) is 10.8. The molecule has 0 aliphatic rings. The zero-order valence-corrected chi connectivity index (χ0v) is 13.5. The average molecular weight is 322 g/mol. The first kappa shape index (κ1) is 16.1. The topological polar surface area (TPSA) is 64.7 Å². The summed E-state index contributed by atoms with van der Waals surface area (Å²) in [5, 5.41) is 0. The Balaban J connectivity index is 2.20. The highest BCUT2D eigenvalue weighted by Crippen LogP contribution is 2.31. The Morgan fingerprint density at radius 3 is 2.08 bits per heavy atom. The molecule has 0 aliphatic heterocycles. The first-order valence-corrected chi connectivity index (χ1v) is 8.01. The number of nitrogen functional groups attached to an aromatic ring is 1. The molecule has 0 amide bonds. The second-order valence-electron chi connectivity index (χ2n) is 5.60. The molecule has 122 valence electrons. The minimum atomic E-state index is -0.273. The van der Waals surface area contributed by atoms with Crippen LogP contribution in [0.5, 0.6) is 0 Å². The Kier molecular flexibility index (Phi) is 4.79. The van der Waals surface area contributed by atoms with Gasteiger partial charge in [-0.15, -0.1) is 0 Å². The molecule has 0 spiro atoms. The molecule has 0 saturated heterocycles. The third-order valence-electron chi connectivity index (χ3n) is 3.88. The van der Waals surface area contributed by atoms with Crippen LogP contribution in [0.1, 0.15) is 25.3 Å². The second-order valence-corrected chi connectivity index (χ2v) is 5.60. The number of pyridine rings is 1. The number of hydrogen-bond acceptors (Lipinski definition) is 4. The van der Waals surface area contributed by atoms with Gasteiger partial charge in [0.15, 0.2) is 0 Å². The van der Waals surface area contributed by atoms with Gasteiger partial charge in [0.1, 0.15) is 5.82 Å². The van der Waals surface area contributed by atoms with Crippen molar-refractivity contribution in [3.05, 3.63) is 60.2 Å². The van der Waals surface area contributed by atoms with Crippen LogP contribution >= 0.6 is 0 Å². The van der Waals surface area contributed by atoms with E-state index in [1.807, 2.05) is 12.1 Å². The predicted molar refractivity (Wildman–Crippen MR) is 93.7 cm³/mol. The molecule has 24 heavy (non-hydrogen) atoms. The highest BCUT2D eigenvalue weighted by Gasteiger charge is 2.16. The number of rotatable bonds is 5. The van der Waals surface area contributed by atoms with Crippen LogP contribution in [-0.4, -0.2) is 15.0 Å². The van der Waals surface area contributed by atoms with Gasteiger partial charge < -0.3 is 5.73 Å². The Morgan fingerprint density at radius 2 is 1.50 bits per heavy atom. The number of nitrogens with two attached hydrogens (primary N) is 1. The lowest BCUT2D eigenvalue weighted by Gasteiger charge is -2.14. The molecule has 0 atom stereocenters. The van der Waals surface area contributed by atoms with Crippen molar-refractivity contribution in [1.82, 2.24) is 15.0 Å². The summed E-state index contributed by atoms with van der Waals surface area (Å²) < 4.78 is 13.3. The van der Waals surface area contributed by atoms with Gasteiger partial charge in [-0.25, -0.2) is 14.4 Å². The number of halogens is 1. The van der Waals surface area contributed by atoms with Crippen LogP contribution in [0, 0.1) is 5.82 Å². The van der Waals surface area contributed by atoms with E-state index in [4.69, 9.17) is 5.73 Å². The SMILES string of the molecule is CCCCc1c(-c2ccncc2)nc(N)nc1-c1ccc(F)cc1. The van der Waals surface area contributed by atoms with Crippen LogP contribution in [0.4, 0.5) is 10.3 Å². The van der Waals surface area contributed by atoms with Crippen molar-refractivity contribution >= 4 is 5.95 Å². The molecule has 3 aromatic rings. The van der Waals surface area contributed by atoms with Crippen LogP contribution in [0.25, 0.3) is 22.5 Å². The standard InChI is InChI=1S/C19H19FN4/c1-2-3-4-16-17(13-5-7-15(20)8-6-13)23-19(21)24-18(16)14-9-11-22-12-10-14/h5-12H,2-4H2,1H3,(H2,21,23,24). The van der Waals surface area contributed by atoms with Crippen LogP contribution in [0.3, 0.4) is 0 Å². The van der Waals surface area contributed by atoms with Crippen molar-refractivity contribution in [1.29, 1.82) is 0 Å². The summed E-state index contributed by atoms with van der Waals surface area (Å²) in [6.07, 6.45) is 6.37. The van der Waals surface area contributed by atoms with Crippen LogP contribution in [0.2, 0.25) is 0 Å². The maximum atomic E-state index is 13.3. The summed E-state index contributed by atoms with van der Waals surface area (Å²) in [5.74, 6) is -0.0633. The molecule has 1 aromatic carbocycles. The van der Waals surface area contributed by atoms with E-state index in [1.165, 1.54) is 12.1 Å². The van der Waals surface area contributed by atoms with Crippen molar-refractivity contribution in [3.8, 4) is 22.5 Å². The Bertz CT molecular complexity index is 817. The smallest absolute Gasteiger partial charge is 0.221 e. The fourth-order valence-electron chi connectivity index (χ4n) is 2.69. The van der Waals surface area contributed by atoms with Gasteiger partial charge >= 0.3 is 0 Å². The number of nitrogens with zero attached hydrogens (tertiary/aromatic N) is 3. The molecule has 2 aromatic heterocycles. The number of aromatic nitrogens is 3. The summed E-state index contributed by atoms with van der Waals surface area (Å²) >= 11 is 0. The van der Waals surface area contributed by atoms with Gasteiger partial charge in [0.2, 0.25) is 5.95 Å². The van der Waals surface area contributed by atoms with Crippen LogP contribution < -0.4 is 5.73 Å². The van der Waals surface area contributed by atoms with E-state index in [0.717, 1.165) is 47.3 Å². The second kappa shape index (κ2) is 7.17. The molecule has 0 saturated carbocycles. The van der Waals surface area contributed by atoms with Crippen LogP contribution in [-0.2, 0) is 6.42 Å². The van der Waals surface area contributed by atoms with Crippen molar-refractivity contribution in [2.24, 2.45) is 0 Å². The lowest BCUT2D eigenvalue weighted by Crippen LogP contribution is -2.05. The Labute approximate surface area is 140 Å². The largest absolute Gasteiger partial charge is 0.368 e. The van der Waals surface area contributed by atoms with Crippen molar-refractivity contribution in [2.75, 3.05) is 5.73 Å². The number of hydrogen-bond donors (Lipinski definition) is 1. The van der Waals surface area contributed by atoms with Gasteiger partial charge in [-0.05, 0) is 49.2 Å². The fourth-order valence-corrected chi connectivity index (χ4v) is 2.69. The van der Waals surface area contributed by atoms with Gasteiger partial charge in [0, 0.05) is 29.1 Å². The Hall–Kier alpha value is -2.82. The lowest BCUT2D eigenvalue weighted by atomic mass is 9.96. The van der Waals surface area contributed by atoms with E-state index in [2.05, 4.69) is 21.9 Å². The molecule has 2 heterocycles. The van der Waals surface area contributed by atoms with Gasteiger partial charge in [-0.2, -0.15) is 0 Å². The van der Waals surface area contributed by atoms with Crippen molar-refractivity contribution < 1.29 is 4.39 Å². The van der Waals surface area contributed by atoms with E-state index >= 15 is 0 Å². The highest BCUT2D eigenvalue weighted by atomic mass is 19.1. The van der Waals surface area contributed by atoms with E-state index in [1.54, 1.807) is 24.5 Å². The monoisotopic (exact) mass is 322 g/mol. The zero-order valence-electron chi connectivity index (χ0n) is 13.5. The highest BCUT2D eigenvalue weighted by molar-refractivity contribution is 5.74. The van der Waals surface area contributed by atoms with Crippen molar-refractivity contribution in [2.45, 2.75) is 26.2 Å². The average Bonchev–Trinajstić information content (AvgIpc) is 2.61. The number of unbranched alkanes of at least 4 members (excludes halogenated alkanes) is 1.